The van der Waals surface area contributed by atoms with Gasteiger partial charge in [0.05, 0.1) is 12.9 Å². The van der Waals surface area contributed by atoms with Crippen LogP contribution in [0.25, 0.3) is 0 Å². The Bertz CT molecular complexity index is 1220. The summed E-state index contributed by atoms with van der Waals surface area (Å²) in [5, 5.41) is 3.07. The number of carbonyl (C=O) groups excluding carboxylic acids is 4. The lowest BCUT2D eigenvalue weighted by Crippen LogP contribution is -2.46. The Labute approximate surface area is 252 Å². The predicted molar refractivity (Wildman–Crippen MR) is 159 cm³/mol. The molecule has 1 fully saturated rings. The predicted octanol–water partition coefficient (Wildman–Crippen LogP) is 3.22. The van der Waals surface area contributed by atoms with Crippen LogP contribution in [0.1, 0.15) is 63.9 Å². The molecule has 0 radical (unpaired) electrons. The minimum atomic E-state index is -3.39. The molecule has 0 aliphatic heterocycles. The normalized spacial score (nSPS) is 15.0. The molecule has 0 bridgehead atoms. The van der Waals surface area contributed by atoms with E-state index in [0.717, 1.165) is 32.1 Å². The van der Waals surface area contributed by atoms with Crippen LogP contribution in [0.2, 0.25) is 5.02 Å². The minimum absolute atomic E-state index is 0.0456. The Hall–Kier alpha value is -3.03. The smallest absolute Gasteiger partial charge is 0.434 e. The number of halogens is 1. The van der Waals surface area contributed by atoms with E-state index in [9.17, 15) is 27.6 Å². The first-order valence-corrected chi connectivity index (χ1v) is 16.1. The molecule has 42 heavy (non-hydrogen) atoms. The average molecular weight is 629 g/mol. The Balaban J connectivity index is 2.06. The van der Waals surface area contributed by atoms with E-state index >= 15 is 0 Å². The molecule has 1 aliphatic carbocycles. The summed E-state index contributed by atoms with van der Waals surface area (Å²) in [7, 11) is -0.710. The molecule has 2 rings (SSSR count). The molecule has 12 nitrogen and oxygen atoms in total. The maximum absolute atomic E-state index is 13.3. The number of hydrogen-bond donors (Lipinski definition) is 2. The Kier molecular flexibility index (Phi) is 14.9. The number of benzene rings is 1. The highest BCUT2D eigenvalue weighted by atomic mass is 35.5. The van der Waals surface area contributed by atoms with E-state index in [4.69, 9.17) is 21.1 Å². The van der Waals surface area contributed by atoms with Gasteiger partial charge in [0.1, 0.15) is 18.4 Å². The molecule has 2 N–H and O–H groups in total. The van der Waals surface area contributed by atoms with Gasteiger partial charge in [-0.05, 0) is 43.4 Å². The average Bonchev–Trinajstić information content (AvgIpc) is 2.97. The molecule has 3 amide bonds. The van der Waals surface area contributed by atoms with Crippen LogP contribution in [0, 0.1) is 5.92 Å². The molecular weight excluding hydrogens is 588 g/mol. The molecule has 234 valence electrons. The van der Waals surface area contributed by atoms with E-state index in [0.29, 0.717) is 10.6 Å². The van der Waals surface area contributed by atoms with Crippen molar-refractivity contribution in [2.45, 2.75) is 70.9 Å². The highest BCUT2D eigenvalue weighted by molar-refractivity contribution is 7.89. The summed E-state index contributed by atoms with van der Waals surface area (Å²) in [4.78, 5) is 56.3. The van der Waals surface area contributed by atoms with E-state index in [2.05, 4.69) is 15.0 Å². The fourth-order valence-electron chi connectivity index (χ4n) is 4.46. The first-order valence-electron chi connectivity index (χ1n) is 14.0. The molecular formula is C28H41ClN4O8S. The number of aliphatic imine (C=N–C) groups is 1. The van der Waals surface area contributed by atoms with Gasteiger partial charge in [-0.1, -0.05) is 55.8 Å². The van der Waals surface area contributed by atoms with Gasteiger partial charge < -0.3 is 19.7 Å². The third-order valence-corrected chi connectivity index (χ3v) is 8.60. The Morgan fingerprint density at radius 3 is 2.52 bits per heavy atom. The second-order valence-corrected chi connectivity index (χ2v) is 12.7. The van der Waals surface area contributed by atoms with Gasteiger partial charge in [-0.2, -0.15) is 4.99 Å². The fourth-order valence-corrected chi connectivity index (χ4v) is 5.27. The van der Waals surface area contributed by atoms with E-state index in [1.165, 1.54) is 26.0 Å². The number of ether oxygens (including phenoxy) is 2. The van der Waals surface area contributed by atoms with Crippen LogP contribution < -0.4 is 10.0 Å². The van der Waals surface area contributed by atoms with Gasteiger partial charge in [0.25, 0.3) is 5.91 Å². The molecule has 14 heteroatoms. The van der Waals surface area contributed by atoms with Crippen molar-refractivity contribution in [1.29, 1.82) is 0 Å². The zero-order valence-electron chi connectivity index (χ0n) is 24.4. The number of amides is 3. The number of rotatable bonds is 15. The van der Waals surface area contributed by atoms with Crippen molar-refractivity contribution in [3.05, 3.63) is 34.9 Å². The first-order chi connectivity index (χ1) is 19.9. The zero-order chi connectivity index (χ0) is 31.1. The van der Waals surface area contributed by atoms with Crippen LogP contribution in [0.15, 0.2) is 29.3 Å². The summed E-state index contributed by atoms with van der Waals surface area (Å²) in [6.07, 6.45) is 4.01. The summed E-state index contributed by atoms with van der Waals surface area (Å²) < 4.78 is 35.6. The molecule has 0 spiro atoms. The SMILES string of the molecule is CCS(=O)(=O)NCCN(C)C(=O)CC[C@H](NC(=O)C(CC1CCCCC1)=NC(=O)OCc1cccc(Cl)c1)C(=O)OC. The molecule has 1 atom stereocenters. The molecule has 1 saturated carbocycles. The summed E-state index contributed by atoms with van der Waals surface area (Å²) >= 11 is 5.98. The zero-order valence-corrected chi connectivity index (χ0v) is 26.0. The monoisotopic (exact) mass is 628 g/mol. The number of nitrogens with zero attached hydrogens (tertiary/aromatic N) is 2. The number of carbonyl (C=O) groups is 4. The van der Waals surface area contributed by atoms with Gasteiger partial charge in [-0.25, -0.2) is 22.7 Å². The highest BCUT2D eigenvalue weighted by Gasteiger charge is 2.28. The molecule has 0 unspecified atom stereocenters. The van der Waals surface area contributed by atoms with Crippen molar-refractivity contribution in [3.8, 4) is 0 Å². The van der Waals surface area contributed by atoms with Crippen molar-refractivity contribution in [3.63, 3.8) is 0 Å². The van der Waals surface area contributed by atoms with Crippen LogP contribution in [-0.4, -0.2) is 81.9 Å². The topological polar surface area (TPSA) is 161 Å². The molecule has 1 aromatic rings. The van der Waals surface area contributed by atoms with Gasteiger partial charge in [-0.3, -0.25) is 9.59 Å². The van der Waals surface area contributed by atoms with Crippen LogP contribution in [-0.2, 0) is 40.5 Å². The van der Waals surface area contributed by atoms with Crippen LogP contribution in [0.4, 0.5) is 4.79 Å². The number of methoxy groups -OCH3 is 1. The largest absolute Gasteiger partial charge is 0.467 e. The Morgan fingerprint density at radius 1 is 1.17 bits per heavy atom. The number of hydrogen-bond acceptors (Lipinski definition) is 8. The van der Waals surface area contributed by atoms with Crippen molar-refractivity contribution in [2.75, 3.05) is 33.0 Å². The van der Waals surface area contributed by atoms with Gasteiger partial charge in [-0.15, -0.1) is 0 Å². The molecule has 0 heterocycles. The van der Waals surface area contributed by atoms with Gasteiger partial charge in [0.2, 0.25) is 15.9 Å². The lowest BCUT2D eigenvalue weighted by Gasteiger charge is -2.23. The first kappa shape index (κ1) is 35.2. The molecule has 0 aromatic heterocycles. The summed E-state index contributed by atoms with van der Waals surface area (Å²) in [5.41, 5.74) is 0.603. The molecule has 1 aromatic carbocycles. The van der Waals surface area contributed by atoms with Crippen molar-refractivity contribution in [2.24, 2.45) is 10.9 Å². The quantitative estimate of drug-likeness (QED) is 0.221. The Morgan fingerprint density at radius 2 is 1.88 bits per heavy atom. The van der Waals surface area contributed by atoms with Crippen LogP contribution in [0.3, 0.4) is 0 Å². The minimum Gasteiger partial charge on any atom is -0.467 e. The summed E-state index contributed by atoms with van der Waals surface area (Å²) in [6.45, 7) is 1.60. The number of likely N-dealkylation sites (N-methyl/N-ethyl adjacent to an activating group) is 1. The van der Waals surface area contributed by atoms with Gasteiger partial charge in [0.15, 0.2) is 0 Å². The maximum Gasteiger partial charge on any atom is 0.434 e. The lowest BCUT2D eigenvalue weighted by atomic mass is 9.85. The van der Waals surface area contributed by atoms with Crippen molar-refractivity contribution >= 4 is 51.2 Å². The second-order valence-electron chi connectivity index (χ2n) is 10.2. The number of esters is 1. The van der Waals surface area contributed by atoms with Gasteiger partial charge in [0, 0.05) is 31.6 Å². The second kappa shape index (κ2) is 17.8. The highest BCUT2D eigenvalue weighted by Crippen LogP contribution is 2.27. The van der Waals surface area contributed by atoms with Crippen LogP contribution >= 0.6 is 11.6 Å². The maximum atomic E-state index is 13.3. The summed E-state index contributed by atoms with van der Waals surface area (Å²) in [6, 6.07) is 5.63. The molecule has 1 aliphatic rings. The third kappa shape index (κ3) is 12.9. The fraction of sp³-hybridized carbons (Fsp3) is 0.607. The summed E-state index contributed by atoms with van der Waals surface area (Å²) in [5.74, 6) is -1.74. The van der Waals surface area contributed by atoms with E-state index in [1.54, 1.807) is 24.3 Å². The van der Waals surface area contributed by atoms with E-state index < -0.39 is 34.0 Å². The third-order valence-electron chi connectivity index (χ3n) is 6.96. The number of sulfonamides is 1. The van der Waals surface area contributed by atoms with Crippen molar-refractivity contribution in [1.82, 2.24) is 14.9 Å². The molecule has 0 saturated heterocycles. The standard InChI is InChI=1S/C28H41ClN4O8S/c1-4-42(38,39)30-15-16-33(2)25(34)14-13-23(27(36)40-3)31-26(35)24(18-20-9-6-5-7-10-20)32-28(37)41-19-21-11-8-12-22(29)17-21/h8,11-12,17,20,23,30H,4-7,9-10,13-16,18-19H2,1-3H3,(H,31,35)/t23-/m0/s1. The van der Waals surface area contributed by atoms with Crippen LogP contribution in [0.5, 0.6) is 0 Å². The lowest BCUT2D eigenvalue weighted by molar-refractivity contribution is -0.145. The van der Waals surface area contributed by atoms with Gasteiger partial charge >= 0.3 is 12.1 Å². The van der Waals surface area contributed by atoms with Crippen molar-refractivity contribution < 1.29 is 37.1 Å². The number of nitrogens with one attached hydrogen (secondary N) is 2. The van der Waals surface area contributed by atoms with E-state index in [1.807, 2.05) is 0 Å². The van der Waals surface area contributed by atoms with E-state index in [-0.39, 0.29) is 62.2 Å².